The fraction of sp³-hybridized carbons (Fsp3) is 0.308. The van der Waals surface area contributed by atoms with Crippen LogP contribution >= 0.6 is 23.8 Å². The number of nitrogens with two attached hydrogens (primary N) is 1. The van der Waals surface area contributed by atoms with Crippen LogP contribution in [-0.4, -0.2) is 47.8 Å². The van der Waals surface area contributed by atoms with Crippen LogP contribution in [0, 0.1) is 0 Å². The second-order valence-electron chi connectivity index (χ2n) is 4.35. The Labute approximate surface area is 132 Å². The highest BCUT2D eigenvalue weighted by Crippen LogP contribution is 2.14. The average Bonchev–Trinajstić information content (AvgIpc) is 2.48. The molecule has 0 bridgehead atoms. The van der Waals surface area contributed by atoms with Gasteiger partial charge in [0.15, 0.2) is 5.71 Å². The number of amides is 1. The highest BCUT2D eigenvalue weighted by molar-refractivity contribution is 7.82. The van der Waals surface area contributed by atoms with Crippen LogP contribution in [-0.2, 0) is 9.53 Å². The van der Waals surface area contributed by atoms with E-state index in [9.17, 15) is 4.79 Å². The van der Waals surface area contributed by atoms with Crippen LogP contribution in [0.1, 0.15) is 0 Å². The summed E-state index contributed by atoms with van der Waals surface area (Å²) in [5.41, 5.74) is 9.00. The van der Waals surface area contributed by atoms with E-state index in [2.05, 4.69) is 10.5 Å². The number of hydrazone groups is 1. The Balaban J connectivity index is 2.12. The SMILES string of the molecule is NC(=S)/C(=N/Nc1cccc(Cl)c1)C(=O)N1CCOCC1. The van der Waals surface area contributed by atoms with Crippen LogP contribution in [0.4, 0.5) is 5.69 Å². The van der Waals surface area contributed by atoms with E-state index in [1.54, 1.807) is 29.2 Å². The van der Waals surface area contributed by atoms with Crippen molar-refractivity contribution in [3.8, 4) is 0 Å². The van der Waals surface area contributed by atoms with Crippen LogP contribution in [0.3, 0.4) is 0 Å². The molecule has 8 heteroatoms. The molecule has 1 fully saturated rings. The molecule has 3 N–H and O–H groups in total. The molecule has 6 nitrogen and oxygen atoms in total. The number of nitrogens with zero attached hydrogens (tertiary/aromatic N) is 2. The Hall–Kier alpha value is -1.70. The summed E-state index contributed by atoms with van der Waals surface area (Å²) in [5, 5.41) is 4.58. The highest BCUT2D eigenvalue weighted by Gasteiger charge is 2.23. The molecule has 112 valence electrons. The second-order valence-corrected chi connectivity index (χ2v) is 5.23. The molecule has 0 unspecified atom stereocenters. The fourth-order valence-corrected chi connectivity index (χ4v) is 2.13. The average molecular weight is 327 g/mol. The van der Waals surface area contributed by atoms with Gasteiger partial charge in [0.25, 0.3) is 5.91 Å². The first-order valence-electron chi connectivity index (χ1n) is 6.34. The van der Waals surface area contributed by atoms with E-state index in [0.29, 0.717) is 37.0 Å². The van der Waals surface area contributed by atoms with Gasteiger partial charge in [-0.1, -0.05) is 29.9 Å². The Morgan fingerprint density at radius 3 is 2.76 bits per heavy atom. The van der Waals surface area contributed by atoms with Gasteiger partial charge in [-0.25, -0.2) is 0 Å². The van der Waals surface area contributed by atoms with Crippen molar-refractivity contribution in [2.24, 2.45) is 10.8 Å². The maximum atomic E-state index is 12.3. The molecule has 0 aliphatic carbocycles. The van der Waals surface area contributed by atoms with Crippen molar-refractivity contribution in [2.75, 3.05) is 31.7 Å². The molecule has 0 radical (unpaired) electrons. The Morgan fingerprint density at radius 2 is 2.14 bits per heavy atom. The zero-order valence-corrected chi connectivity index (χ0v) is 12.8. The molecule has 1 aromatic rings. The Bertz CT molecular complexity index is 573. The first-order valence-corrected chi connectivity index (χ1v) is 7.12. The normalized spacial score (nSPS) is 15.7. The van der Waals surface area contributed by atoms with Crippen LogP contribution < -0.4 is 11.2 Å². The first-order chi connectivity index (χ1) is 10.1. The molecule has 1 aliphatic heterocycles. The third-order valence-electron chi connectivity index (χ3n) is 2.86. The minimum absolute atomic E-state index is 0.0203. The number of thiocarbonyl (C=S) groups is 1. The van der Waals surface area contributed by atoms with Gasteiger partial charge in [0.05, 0.1) is 18.9 Å². The van der Waals surface area contributed by atoms with Gasteiger partial charge in [-0.05, 0) is 18.2 Å². The molecule has 1 aliphatic rings. The number of rotatable bonds is 4. The summed E-state index contributed by atoms with van der Waals surface area (Å²) in [6, 6.07) is 6.96. The Kier molecular flexibility index (Phi) is 5.49. The van der Waals surface area contributed by atoms with Crippen molar-refractivity contribution in [1.29, 1.82) is 0 Å². The Morgan fingerprint density at radius 1 is 1.43 bits per heavy atom. The number of hydrogen-bond donors (Lipinski definition) is 2. The molecule has 21 heavy (non-hydrogen) atoms. The van der Waals surface area contributed by atoms with E-state index in [-0.39, 0.29) is 16.6 Å². The monoisotopic (exact) mass is 326 g/mol. The molecular weight excluding hydrogens is 312 g/mol. The summed E-state index contributed by atoms with van der Waals surface area (Å²) < 4.78 is 5.20. The molecule has 0 aromatic heterocycles. The minimum atomic E-state index is -0.305. The molecule has 0 saturated carbocycles. The lowest BCUT2D eigenvalue weighted by Gasteiger charge is -2.26. The van der Waals surface area contributed by atoms with Gasteiger partial charge in [-0.15, -0.1) is 0 Å². The summed E-state index contributed by atoms with van der Waals surface area (Å²) in [7, 11) is 0. The first kappa shape index (κ1) is 15.7. The van der Waals surface area contributed by atoms with Gasteiger partial charge < -0.3 is 15.4 Å². The zero-order valence-electron chi connectivity index (χ0n) is 11.2. The lowest BCUT2D eigenvalue weighted by molar-refractivity contribution is -0.127. The van der Waals surface area contributed by atoms with E-state index >= 15 is 0 Å². The maximum absolute atomic E-state index is 12.3. The van der Waals surface area contributed by atoms with Gasteiger partial charge in [0.2, 0.25) is 0 Å². The number of nitrogens with one attached hydrogen (secondary N) is 1. The number of hydrogen-bond acceptors (Lipinski definition) is 5. The standard InChI is InChI=1S/C13H15ClN4O2S/c14-9-2-1-3-10(8-9)16-17-11(12(15)21)13(19)18-4-6-20-7-5-18/h1-3,8,16H,4-7H2,(H2,15,21)/b17-11-. The van der Waals surface area contributed by atoms with E-state index in [1.807, 2.05) is 0 Å². The summed E-state index contributed by atoms with van der Waals surface area (Å²) in [4.78, 5) is 13.9. The molecule has 2 rings (SSSR count). The van der Waals surface area contributed by atoms with Crippen LogP contribution in [0.2, 0.25) is 5.02 Å². The number of ether oxygens (including phenoxy) is 1. The number of benzene rings is 1. The second kappa shape index (κ2) is 7.35. The number of anilines is 1. The number of carbonyl (C=O) groups excluding carboxylic acids is 1. The largest absolute Gasteiger partial charge is 0.388 e. The lowest BCUT2D eigenvalue weighted by Crippen LogP contribution is -2.47. The third-order valence-corrected chi connectivity index (χ3v) is 3.28. The summed E-state index contributed by atoms with van der Waals surface area (Å²) in [6.07, 6.45) is 0. The molecule has 1 saturated heterocycles. The topological polar surface area (TPSA) is 79.9 Å². The van der Waals surface area contributed by atoms with Crippen molar-refractivity contribution in [3.05, 3.63) is 29.3 Å². The van der Waals surface area contributed by atoms with Gasteiger partial charge in [-0.3, -0.25) is 10.2 Å². The minimum Gasteiger partial charge on any atom is -0.388 e. The van der Waals surface area contributed by atoms with Gasteiger partial charge >= 0.3 is 0 Å². The quantitative estimate of drug-likeness (QED) is 0.494. The summed E-state index contributed by atoms with van der Waals surface area (Å²) >= 11 is 10.8. The number of halogens is 1. The van der Waals surface area contributed by atoms with E-state index < -0.39 is 0 Å². The highest BCUT2D eigenvalue weighted by atomic mass is 35.5. The van der Waals surface area contributed by atoms with Crippen molar-refractivity contribution >= 4 is 46.1 Å². The summed E-state index contributed by atoms with van der Waals surface area (Å²) in [5.74, 6) is -0.305. The lowest BCUT2D eigenvalue weighted by atomic mass is 10.3. The smallest absolute Gasteiger partial charge is 0.277 e. The number of carbonyl (C=O) groups is 1. The molecule has 1 aromatic carbocycles. The van der Waals surface area contributed by atoms with E-state index in [0.717, 1.165) is 0 Å². The molecule has 1 heterocycles. The molecule has 0 atom stereocenters. The van der Waals surface area contributed by atoms with Gasteiger partial charge in [-0.2, -0.15) is 5.10 Å². The van der Waals surface area contributed by atoms with Crippen molar-refractivity contribution in [1.82, 2.24) is 4.90 Å². The van der Waals surface area contributed by atoms with Crippen LogP contribution in [0.15, 0.2) is 29.4 Å². The van der Waals surface area contributed by atoms with Crippen molar-refractivity contribution in [2.45, 2.75) is 0 Å². The van der Waals surface area contributed by atoms with E-state index in [4.69, 9.17) is 34.3 Å². The van der Waals surface area contributed by atoms with Crippen molar-refractivity contribution in [3.63, 3.8) is 0 Å². The maximum Gasteiger partial charge on any atom is 0.277 e. The third kappa shape index (κ3) is 4.38. The molecule has 0 spiro atoms. The van der Waals surface area contributed by atoms with Crippen LogP contribution in [0.25, 0.3) is 0 Å². The zero-order chi connectivity index (χ0) is 15.2. The molecule has 1 amide bonds. The predicted octanol–water partition coefficient (Wildman–Crippen LogP) is 1.25. The molecular formula is C13H15ClN4O2S. The number of morpholine rings is 1. The van der Waals surface area contributed by atoms with Crippen LogP contribution in [0.5, 0.6) is 0 Å². The fourth-order valence-electron chi connectivity index (χ4n) is 1.80. The van der Waals surface area contributed by atoms with E-state index in [1.165, 1.54) is 0 Å². The van der Waals surface area contributed by atoms with Gasteiger partial charge in [0.1, 0.15) is 4.99 Å². The van der Waals surface area contributed by atoms with Crippen molar-refractivity contribution < 1.29 is 9.53 Å². The van der Waals surface area contributed by atoms with Gasteiger partial charge in [0, 0.05) is 18.1 Å². The summed E-state index contributed by atoms with van der Waals surface area (Å²) in [6.45, 7) is 1.99. The predicted molar refractivity (Wildman–Crippen MR) is 86.7 cm³/mol.